The van der Waals surface area contributed by atoms with Crippen molar-refractivity contribution in [1.82, 2.24) is 10.6 Å². The maximum absolute atomic E-state index is 11.5. The van der Waals surface area contributed by atoms with Crippen molar-refractivity contribution in [2.75, 3.05) is 5.44 Å². The molecule has 110 valence electrons. The number of nitrogens with one attached hydrogen (secondary N) is 2. The van der Waals surface area contributed by atoms with Gasteiger partial charge in [-0.1, -0.05) is 0 Å². The van der Waals surface area contributed by atoms with Gasteiger partial charge in [0.05, 0.1) is 0 Å². The zero-order valence-corrected chi connectivity index (χ0v) is 13.2. The summed E-state index contributed by atoms with van der Waals surface area (Å²) in [6.07, 6.45) is -0.754. The predicted octanol–water partition coefficient (Wildman–Crippen LogP) is 0.180. The van der Waals surface area contributed by atoms with Crippen LogP contribution in [0.3, 0.4) is 0 Å². The second kappa shape index (κ2) is 8.01. The van der Waals surface area contributed by atoms with E-state index in [2.05, 4.69) is 10.6 Å². The third-order valence-electron chi connectivity index (χ3n) is 1.70. The Labute approximate surface area is 118 Å². The molecule has 0 saturated carbocycles. The fourth-order valence-corrected chi connectivity index (χ4v) is 2.81. The first-order valence-electron chi connectivity index (χ1n) is 5.66. The van der Waals surface area contributed by atoms with Crippen molar-refractivity contribution in [3.05, 3.63) is 0 Å². The number of carboxylic acids is 1. The third kappa shape index (κ3) is 10.3. The summed E-state index contributed by atoms with van der Waals surface area (Å²) in [5.41, 5.74) is -0.240. The summed E-state index contributed by atoms with van der Waals surface area (Å²) in [7, 11) is 0. The number of carbonyl (C=O) groups is 3. The van der Waals surface area contributed by atoms with Gasteiger partial charge in [0, 0.05) is 0 Å². The zero-order valence-electron chi connectivity index (χ0n) is 11.5. The van der Waals surface area contributed by atoms with Crippen LogP contribution in [0.5, 0.6) is 0 Å². The summed E-state index contributed by atoms with van der Waals surface area (Å²) in [4.78, 5) is 33.1. The second-order valence-electron chi connectivity index (χ2n) is 4.79. The number of aliphatic carboxylic acids is 1. The number of carbonyl (C=O) groups excluding carboxylic acids is 2. The first-order chi connectivity index (χ1) is 8.61. The molecule has 0 aromatic carbocycles. The van der Waals surface area contributed by atoms with Crippen molar-refractivity contribution < 1.29 is 24.2 Å². The first kappa shape index (κ1) is 17.7. The molecule has 2 amide bonds. The summed E-state index contributed by atoms with van der Waals surface area (Å²) < 4.78 is 4.99. The molecule has 0 aliphatic heterocycles. The molecule has 8 heteroatoms. The Bertz CT molecular complexity index is 340. The Morgan fingerprint density at radius 1 is 1.32 bits per heavy atom. The van der Waals surface area contributed by atoms with Crippen LogP contribution < -0.4 is 10.6 Å². The SMILES string of the molecule is CC(=O)NC[Se]C[C@H](NC(=O)OC(C)(C)C)C(=O)O. The molecular formula is C11H20N2O5Se. The molecule has 0 fully saturated rings. The molecule has 3 N–H and O–H groups in total. The Hall–Kier alpha value is -1.27. The van der Waals surface area contributed by atoms with E-state index < -0.39 is 23.7 Å². The van der Waals surface area contributed by atoms with Gasteiger partial charge in [0.15, 0.2) is 0 Å². The Morgan fingerprint density at radius 3 is 2.32 bits per heavy atom. The Morgan fingerprint density at radius 2 is 1.89 bits per heavy atom. The van der Waals surface area contributed by atoms with Crippen LogP contribution in [0.4, 0.5) is 4.79 Å². The number of hydrogen-bond donors (Lipinski definition) is 3. The van der Waals surface area contributed by atoms with Crippen molar-refractivity contribution >= 4 is 32.9 Å². The number of ether oxygens (including phenoxy) is 1. The quantitative estimate of drug-likeness (QED) is 0.473. The third-order valence-corrected chi connectivity index (χ3v) is 3.62. The van der Waals surface area contributed by atoms with Gasteiger partial charge in [0.1, 0.15) is 0 Å². The summed E-state index contributed by atoms with van der Waals surface area (Å²) in [6.45, 7) is 6.49. The van der Waals surface area contributed by atoms with Crippen LogP contribution >= 0.6 is 0 Å². The Kier molecular flexibility index (Phi) is 7.48. The summed E-state index contributed by atoms with van der Waals surface area (Å²) in [5.74, 6) is -1.27. The minimum atomic E-state index is -1.12. The number of hydrogen-bond acceptors (Lipinski definition) is 4. The standard InChI is InChI=1S/C11H20N2O5Se/c1-7(14)12-6-19-5-8(9(15)16)13-10(17)18-11(2,3)4/h8H,5-6H2,1-4H3,(H,12,14)(H,13,17)(H,15,16)/t8-/m0/s1. The van der Waals surface area contributed by atoms with Gasteiger partial charge in [-0.2, -0.15) is 0 Å². The maximum atomic E-state index is 11.5. The fraction of sp³-hybridized carbons (Fsp3) is 0.727. The van der Waals surface area contributed by atoms with E-state index in [1.165, 1.54) is 6.92 Å². The van der Waals surface area contributed by atoms with E-state index in [1.807, 2.05) is 0 Å². The molecule has 0 bridgehead atoms. The van der Waals surface area contributed by atoms with Crippen LogP contribution in [-0.4, -0.2) is 55.1 Å². The van der Waals surface area contributed by atoms with Gasteiger partial charge in [-0.15, -0.1) is 0 Å². The molecule has 1 atom stereocenters. The van der Waals surface area contributed by atoms with Gasteiger partial charge in [0.2, 0.25) is 0 Å². The molecule has 0 spiro atoms. The van der Waals surface area contributed by atoms with E-state index in [4.69, 9.17) is 9.84 Å². The average molecular weight is 339 g/mol. The molecular weight excluding hydrogens is 319 g/mol. The molecule has 0 heterocycles. The van der Waals surface area contributed by atoms with Gasteiger partial charge in [0.25, 0.3) is 0 Å². The van der Waals surface area contributed by atoms with Crippen LogP contribution in [0.15, 0.2) is 0 Å². The topological polar surface area (TPSA) is 105 Å². The van der Waals surface area contributed by atoms with Crippen LogP contribution in [-0.2, 0) is 14.3 Å². The van der Waals surface area contributed by atoms with Crippen molar-refractivity contribution in [3.63, 3.8) is 0 Å². The number of rotatable bonds is 6. The van der Waals surface area contributed by atoms with Gasteiger partial charge < -0.3 is 0 Å². The van der Waals surface area contributed by atoms with E-state index >= 15 is 0 Å². The van der Waals surface area contributed by atoms with E-state index in [9.17, 15) is 14.4 Å². The number of carboxylic acid groups (broad SMARTS) is 1. The van der Waals surface area contributed by atoms with Gasteiger partial charge >= 0.3 is 118 Å². The van der Waals surface area contributed by atoms with Crippen molar-refractivity contribution in [1.29, 1.82) is 0 Å². The monoisotopic (exact) mass is 340 g/mol. The molecule has 0 rings (SSSR count). The average Bonchev–Trinajstić information content (AvgIpc) is 2.19. The van der Waals surface area contributed by atoms with E-state index in [-0.39, 0.29) is 26.2 Å². The zero-order chi connectivity index (χ0) is 15.1. The van der Waals surface area contributed by atoms with Gasteiger partial charge in [-0.05, 0) is 0 Å². The van der Waals surface area contributed by atoms with Crippen LogP contribution in [0.2, 0.25) is 5.32 Å². The van der Waals surface area contributed by atoms with E-state index in [0.29, 0.717) is 5.44 Å². The Balaban J connectivity index is 4.16. The molecule has 0 aromatic heterocycles. The fourth-order valence-electron chi connectivity index (χ4n) is 0.954. The molecule has 0 aromatic rings. The van der Waals surface area contributed by atoms with Crippen LogP contribution in [0, 0.1) is 0 Å². The molecule has 0 aliphatic rings. The molecule has 0 saturated heterocycles. The van der Waals surface area contributed by atoms with Crippen molar-refractivity contribution in [2.24, 2.45) is 0 Å². The van der Waals surface area contributed by atoms with E-state index in [1.54, 1.807) is 20.8 Å². The molecule has 7 nitrogen and oxygen atoms in total. The van der Waals surface area contributed by atoms with Crippen LogP contribution in [0.1, 0.15) is 27.7 Å². The normalized spacial score (nSPS) is 12.4. The molecule has 0 unspecified atom stereocenters. The summed E-state index contributed by atoms with van der Waals surface area (Å²) >= 11 is -0.107. The van der Waals surface area contributed by atoms with E-state index in [0.717, 1.165) is 0 Å². The molecule has 19 heavy (non-hydrogen) atoms. The van der Waals surface area contributed by atoms with Gasteiger partial charge in [-0.25, -0.2) is 0 Å². The van der Waals surface area contributed by atoms with Crippen LogP contribution in [0.25, 0.3) is 0 Å². The predicted molar refractivity (Wildman–Crippen MR) is 70.0 cm³/mol. The summed E-state index contributed by atoms with van der Waals surface area (Å²) in [6, 6.07) is -0.997. The minimum absolute atomic E-state index is 0.107. The number of alkyl carbamates (subject to hydrolysis) is 1. The molecule has 0 radical (unpaired) electrons. The molecule has 0 aliphatic carbocycles. The number of amides is 2. The van der Waals surface area contributed by atoms with Crippen molar-refractivity contribution in [2.45, 2.75) is 44.7 Å². The summed E-state index contributed by atoms with van der Waals surface area (Å²) in [5, 5.41) is 14.1. The van der Waals surface area contributed by atoms with Crippen molar-refractivity contribution in [3.8, 4) is 0 Å². The second-order valence-corrected chi connectivity index (χ2v) is 6.95. The first-order valence-corrected chi connectivity index (χ1v) is 8.08. The van der Waals surface area contributed by atoms with Gasteiger partial charge in [-0.3, -0.25) is 0 Å².